The molecule has 9 nitrogen and oxygen atoms in total. The third-order valence-electron chi connectivity index (χ3n) is 5.41. The quantitative estimate of drug-likeness (QED) is 0.277. The van der Waals surface area contributed by atoms with Crippen LogP contribution in [-0.2, 0) is 31.0 Å². The molecule has 0 N–H and O–H groups in total. The Kier molecular flexibility index (Phi) is 11.0. The molecule has 0 aliphatic heterocycles. The summed E-state index contributed by atoms with van der Waals surface area (Å²) in [5.74, 6) is -0.806. The van der Waals surface area contributed by atoms with Crippen LogP contribution in [0.4, 0.5) is 8.78 Å². The topological polar surface area (TPSA) is 119 Å². The molecule has 0 saturated carbocycles. The van der Waals surface area contributed by atoms with Crippen LogP contribution in [-0.4, -0.2) is 37.2 Å². The molecule has 13 heteroatoms. The fourth-order valence-electron chi connectivity index (χ4n) is 3.52. The first kappa shape index (κ1) is 31.4. The Bertz CT molecular complexity index is 1430. The molecule has 1 heterocycles. The number of alkyl halides is 2. The molecule has 1 aromatic heterocycles. The molecule has 0 saturated heterocycles. The molecule has 0 radical (unpaired) electrons. The minimum absolute atomic E-state index is 0. The molecule has 3 aromatic rings. The van der Waals surface area contributed by atoms with Gasteiger partial charge in [-0.25, -0.2) is 21.9 Å². The molecule has 198 valence electrons. The second-order valence-corrected chi connectivity index (χ2v) is 9.54. The molecule has 0 unspecified atom stereocenters. The van der Waals surface area contributed by atoms with Gasteiger partial charge in [0.15, 0.2) is 0 Å². The molecular weight excluding hydrogens is 531 g/mol. The van der Waals surface area contributed by atoms with E-state index in [1.807, 2.05) is 0 Å². The second kappa shape index (κ2) is 13.3. The summed E-state index contributed by atoms with van der Waals surface area (Å²) < 4.78 is 67.8. The Labute approximate surface area is 241 Å². The maximum absolute atomic E-state index is 13.6. The van der Waals surface area contributed by atoms with Gasteiger partial charge < -0.3 is 19.0 Å². The van der Waals surface area contributed by atoms with Gasteiger partial charge in [0.2, 0.25) is 0 Å². The predicted octanol–water partition coefficient (Wildman–Crippen LogP) is 2.25. The van der Waals surface area contributed by atoms with Gasteiger partial charge in [-0.3, -0.25) is 4.79 Å². The van der Waals surface area contributed by atoms with Crippen molar-refractivity contribution in [2.75, 3.05) is 7.11 Å². The van der Waals surface area contributed by atoms with Crippen LogP contribution in [0.1, 0.15) is 49.9 Å². The number of aryl methyl sites for hydroxylation is 1. The van der Waals surface area contributed by atoms with Gasteiger partial charge in [-0.2, -0.15) is 5.10 Å². The molecule has 0 bridgehead atoms. The van der Waals surface area contributed by atoms with Crippen LogP contribution in [0.15, 0.2) is 47.4 Å². The van der Waals surface area contributed by atoms with E-state index in [0.29, 0.717) is 17.0 Å². The van der Waals surface area contributed by atoms with Crippen molar-refractivity contribution < 1.29 is 65.8 Å². The van der Waals surface area contributed by atoms with E-state index < -0.39 is 40.6 Å². The number of amides is 1. The van der Waals surface area contributed by atoms with Crippen molar-refractivity contribution in [3.8, 4) is 22.7 Å². The van der Waals surface area contributed by atoms with Crippen LogP contribution in [0.25, 0.3) is 21.7 Å². The van der Waals surface area contributed by atoms with Crippen molar-refractivity contribution in [2.45, 2.75) is 51.5 Å². The summed E-state index contributed by atoms with van der Waals surface area (Å²) in [6.07, 6.45) is -2.92. The molecule has 3 rings (SSSR count). The molecular formula is C25H26F2N3NaO6S. The zero-order valence-electron chi connectivity index (χ0n) is 21.7. The van der Waals surface area contributed by atoms with E-state index in [4.69, 9.17) is 9.47 Å². The van der Waals surface area contributed by atoms with Crippen LogP contribution in [0.3, 0.4) is 0 Å². The van der Waals surface area contributed by atoms with Crippen LogP contribution >= 0.6 is 0 Å². The number of halogens is 2. The van der Waals surface area contributed by atoms with Crippen molar-refractivity contribution >= 4 is 21.9 Å². The Morgan fingerprint density at radius 1 is 1.08 bits per heavy atom. The van der Waals surface area contributed by atoms with Gasteiger partial charge in [0, 0.05) is 17.5 Å². The number of sulfonamides is 1. The number of rotatable bonds is 10. The molecule has 0 aliphatic carbocycles. The summed E-state index contributed by atoms with van der Waals surface area (Å²) in [6.45, 7) is 4.41. The number of benzene rings is 2. The Balaban J connectivity index is 0.00000507. The number of hydrogen-bond donors (Lipinski definition) is 0. The van der Waals surface area contributed by atoms with Gasteiger partial charge in [0.1, 0.15) is 28.1 Å². The minimum Gasteiger partial charge on any atom is -0.542 e. The number of carbonyl (C=O) groups excluding carboxylic acids is 2. The van der Waals surface area contributed by atoms with E-state index >= 15 is 0 Å². The van der Waals surface area contributed by atoms with Gasteiger partial charge in [0.05, 0.1) is 29.3 Å². The first-order valence-corrected chi connectivity index (χ1v) is 12.8. The number of carbonyl (C=O) groups is 2. The third kappa shape index (κ3) is 7.19. The maximum atomic E-state index is 13.6. The van der Waals surface area contributed by atoms with Crippen molar-refractivity contribution in [3.05, 3.63) is 64.0 Å². The van der Waals surface area contributed by atoms with Crippen molar-refractivity contribution in [1.82, 2.24) is 9.78 Å². The van der Waals surface area contributed by atoms with Crippen LogP contribution in [0.5, 0.6) is 5.75 Å². The van der Waals surface area contributed by atoms with Crippen LogP contribution in [0.2, 0.25) is 0 Å². The number of methoxy groups -OCH3 is 1. The number of hydrogen-bond acceptors (Lipinski definition) is 7. The van der Waals surface area contributed by atoms with E-state index in [2.05, 4.69) is 9.82 Å². The molecule has 0 fully saturated rings. The van der Waals surface area contributed by atoms with Gasteiger partial charge >= 0.3 is 35.5 Å². The first-order valence-electron chi connectivity index (χ1n) is 11.3. The molecule has 1 amide bonds. The minimum atomic E-state index is -4.42. The SMILES string of the molecule is CCC(=O)[N-]S(=O)(=O)c1ccc(-n2nc(C(F)F)cc2-c2ccc(OC)c(C)c2)cc1COC(=O)CC.[Na+]. The monoisotopic (exact) mass is 557 g/mol. The van der Waals surface area contributed by atoms with Crippen molar-refractivity contribution in [3.63, 3.8) is 0 Å². The summed E-state index contributed by atoms with van der Waals surface area (Å²) in [4.78, 5) is 23.2. The molecule has 2 aromatic carbocycles. The summed E-state index contributed by atoms with van der Waals surface area (Å²) in [5, 5.41) is 4.04. The molecule has 38 heavy (non-hydrogen) atoms. The number of ether oxygens (including phenoxy) is 2. The maximum Gasteiger partial charge on any atom is 1.00 e. The van der Waals surface area contributed by atoms with Crippen LogP contribution < -0.4 is 34.3 Å². The third-order valence-corrected chi connectivity index (χ3v) is 6.81. The Morgan fingerprint density at radius 2 is 1.79 bits per heavy atom. The summed E-state index contributed by atoms with van der Waals surface area (Å²) in [5.41, 5.74) is 1.41. The van der Waals surface area contributed by atoms with E-state index in [1.165, 1.54) is 43.0 Å². The van der Waals surface area contributed by atoms with E-state index in [9.17, 15) is 26.8 Å². The van der Waals surface area contributed by atoms with Crippen molar-refractivity contribution in [1.29, 1.82) is 0 Å². The molecule has 0 atom stereocenters. The fourth-order valence-corrected chi connectivity index (χ4v) is 4.70. The second-order valence-electron chi connectivity index (χ2n) is 7.97. The zero-order valence-corrected chi connectivity index (χ0v) is 24.5. The van der Waals surface area contributed by atoms with E-state index in [-0.39, 0.29) is 58.5 Å². The fraction of sp³-hybridized carbons (Fsp3) is 0.320. The Hall–Kier alpha value is -2.80. The average Bonchev–Trinajstić information content (AvgIpc) is 3.32. The number of nitrogens with zero attached hydrogens (tertiary/aromatic N) is 3. The number of esters is 1. The number of aromatic nitrogens is 2. The zero-order chi connectivity index (χ0) is 27.3. The van der Waals surface area contributed by atoms with Gasteiger partial charge in [-0.1, -0.05) is 13.8 Å². The standard InChI is InChI=1S/C25H27F2N3O6S.Na/c1-5-23(31)29-37(33,34)22-10-8-18(12-17(22)14-36-24(32)6-2)30-20(13-19(28-30)25(26)27)16-7-9-21(35-4)15(3)11-16;/h7-13,25H,5-6,14H2,1-4H3,(H,29,31);/q;+1/p-1. The van der Waals surface area contributed by atoms with E-state index in [1.54, 1.807) is 32.0 Å². The Morgan fingerprint density at radius 3 is 2.37 bits per heavy atom. The smallest absolute Gasteiger partial charge is 0.542 e. The average molecular weight is 558 g/mol. The van der Waals surface area contributed by atoms with Gasteiger partial charge in [-0.15, -0.1) is 0 Å². The molecule has 0 spiro atoms. The van der Waals surface area contributed by atoms with Crippen LogP contribution in [0, 0.1) is 6.92 Å². The van der Waals surface area contributed by atoms with E-state index in [0.717, 1.165) is 5.56 Å². The predicted molar refractivity (Wildman–Crippen MR) is 131 cm³/mol. The first-order chi connectivity index (χ1) is 17.5. The van der Waals surface area contributed by atoms with Gasteiger partial charge in [0.25, 0.3) is 6.43 Å². The summed E-state index contributed by atoms with van der Waals surface area (Å²) >= 11 is 0. The summed E-state index contributed by atoms with van der Waals surface area (Å²) in [6, 6.07) is 10.3. The molecule has 0 aliphatic rings. The van der Waals surface area contributed by atoms with Gasteiger partial charge in [-0.05, 0) is 61.4 Å². The largest absolute Gasteiger partial charge is 1.00 e. The normalized spacial score (nSPS) is 11.1. The summed E-state index contributed by atoms with van der Waals surface area (Å²) in [7, 11) is -2.90. The van der Waals surface area contributed by atoms with Crippen molar-refractivity contribution in [2.24, 2.45) is 0 Å².